The Hall–Kier alpha value is -1.32. The fourth-order valence-electron chi connectivity index (χ4n) is 1.69. The minimum Gasteiger partial charge on any atom is -0.321 e. The fourth-order valence-corrected chi connectivity index (χ4v) is 1.84. The minimum absolute atomic E-state index is 0.298. The molecule has 0 amide bonds. The topological polar surface area (TPSA) is 29.9 Å². The van der Waals surface area contributed by atoms with Crippen molar-refractivity contribution in [3.8, 4) is 0 Å². The lowest BCUT2D eigenvalue weighted by Crippen LogP contribution is -2.20. The molecule has 0 unspecified atom stereocenters. The molecule has 0 aliphatic carbocycles. The number of nitrogens with zero attached hydrogens (tertiary/aromatic N) is 2. The summed E-state index contributed by atoms with van der Waals surface area (Å²) >= 11 is 5.93. The molecule has 2 aromatic rings. The van der Waals surface area contributed by atoms with Crippen LogP contribution in [0.5, 0.6) is 0 Å². The van der Waals surface area contributed by atoms with Crippen LogP contribution in [0.1, 0.15) is 24.4 Å². The van der Waals surface area contributed by atoms with Gasteiger partial charge in [0.15, 0.2) is 0 Å². The third-order valence-corrected chi connectivity index (χ3v) is 3.24. The Bertz CT molecular complexity index is 479. The molecule has 0 aliphatic rings. The molecule has 1 aromatic heterocycles. The zero-order valence-electron chi connectivity index (χ0n) is 10.0. The number of hydrogen-bond acceptors (Lipinski definition) is 2. The normalized spacial score (nSPS) is 12.6. The minimum atomic E-state index is 0.298. The van der Waals surface area contributed by atoms with E-state index in [0.717, 1.165) is 5.82 Å². The number of imidazole rings is 1. The zero-order valence-corrected chi connectivity index (χ0v) is 10.8. The molecule has 1 aromatic carbocycles. The Morgan fingerprint density at radius 3 is 2.65 bits per heavy atom. The Morgan fingerprint density at radius 1 is 1.35 bits per heavy atom. The predicted octanol–water partition coefficient (Wildman–Crippen LogP) is 2.92. The summed E-state index contributed by atoms with van der Waals surface area (Å²) < 4.78 is 1.88. The van der Waals surface area contributed by atoms with Crippen molar-refractivity contribution in [1.82, 2.24) is 14.9 Å². The van der Waals surface area contributed by atoms with Crippen molar-refractivity contribution in [3.63, 3.8) is 0 Å². The molecule has 0 bridgehead atoms. The highest BCUT2D eigenvalue weighted by Crippen LogP contribution is 2.13. The first kappa shape index (κ1) is 12.1. The zero-order chi connectivity index (χ0) is 12.3. The molecule has 1 atom stereocenters. The molecule has 0 radical (unpaired) electrons. The number of hydrogen-bond donors (Lipinski definition) is 1. The van der Waals surface area contributed by atoms with Crippen LogP contribution in [0, 0.1) is 0 Å². The molecule has 90 valence electrons. The predicted molar refractivity (Wildman–Crippen MR) is 69.9 cm³/mol. The lowest BCUT2D eigenvalue weighted by atomic mass is 10.1. The van der Waals surface area contributed by atoms with Gasteiger partial charge in [-0.3, -0.25) is 0 Å². The summed E-state index contributed by atoms with van der Waals surface area (Å²) in [5.41, 5.74) is 1.27. The molecule has 3 nitrogen and oxygen atoms in total. The molecule has 0 spiro atoms. The van der Waals surface area contributed by atoms with Gasteiger partial charge in [-0.15, -0.1) is 0 Å². The van der Waals surface area contributed by atoms with E-state index in [-0.39, 0.29) is 0 Å². The Balaban J connectivity index is 1.97. The monoisotopic (exact) mass is 249 g/mol. The van der Waals surface area contributed by atoms with Gasteiger partial charge in [-0.25, -0.2) is 4.98 Å². The second kappa shape index (κ2) is 5.34. The van der Waals surface area contributed by atoms with E-state index in [1.165, 1.54) is 5.56 Å². The maximum atomic E-state index is 5.93. The van der Waals surface area contributed by atoms with Gasteiger partial charge >= 0.3 is 0 Å². The maximum Gasteiger partial charge on any atom is 0.128 e. The molecule has 0 saturated heterocycles. The number of aromatic nitrogens is 2. The number of halogens is 1. The molecule has 0 fully saturated rings. The van der Waals surface area contributed by atoms with Gasteiger partial charge in [-0.05, 0) is 12.5 Å². The molecule has 2 rings (SSSR count). The van der Waals surface area contributed by atoms with Crippen LogP contribution < -0.4 is 5.32 Å². The van der Waals surface area contributed by atoms with E-state index < -0.39 is 0 Å². The quantitative estimate of drug-likeness (QED) is 0.903. The number of rotatable bonds is 4. The van der Waals surface area contributed by atoms with Crippen LogP contribution in [0.15, 0.2) is 36.5 Å². The molecular formula is C13H16ClN3. The van der Waals surface area contributed by atoms with E-state index >= 15 is 0 Å². The number of benzene rings is 1. The Kier molecular flexibility index (Phi) is 3.82. The van der Waals surface area contributed by atoms with Crippen molar-refractivity contribution < 1.29 is 0 Å². The van der Waals surface area contributed by atoms with E-state index in [2.05, 4.69) is 29.4 Å². The summed E-state index contributed by atoms with van der Waals surface area (Å²) in [7, 11) is 1.92. The van der Waals surface area contributed by atoms with Gasteiger partial charge in [0.1, 0.15) is 11.0 Å². The van der Waals surface area contributed by atoms with Crippen LogP contribution in [0.25, 0.3) is 0 Å². The highest BCUT2D eigenvalue weighted by molar-refractivity contribution is 6.29. The van der Waals surface area contributed by atoms with Crippen molar-refractivity contribution in [3.05, 3.63) is 53.1 Å². The standard InChI is InChI=1S/C13H16ClN3/c1-10(11-6-4-3-5-7-11)15-9-13-16-8-12(14)17(13)2/h3-8,10,15H,9H2,1-2H3/t10-/m1/s1. The molecule has 1 N–H and O–H groups in total. The van der Waals surface area contributed by atoms with E-state index in [9.17, 15) is 0 Å². The first-order valence-electron chi connectivity index (χ1n) is 5.63. The van der Waals surface area contributed by atoms with E-state index in [0.29, 0.717) is 17.7 Å². The average molecular weight is 250 g/mol. The maximum absolute atomic E-state index is 5.93. The van der Waals surface area contributed by atoms with Gasteiger partial charge in [0.2, 0.25) is 0 Å². The van der Waals surface area contributed by atoms with Gasteiger partial charge in [-0.1, -0.05) is 41.9 Å². The number of nitrogens with one attached hydrogen (secondary N) is 1. The third kappa shape index (κ3) is 2.87. The molecule has 0 aliphatic heterocycles. The van der Waals surface area contributed by atoms with Gasteiger partial charge in [0.25, 0.3) is 0 Å². The lowest BCUT2D eigenvalue weighted by molar-refractivity contribution is 0.549. The van der Waals surface area contributed by atoms with E-state index in [1.54, 1.807) is 6.20 Å². The third-order valence-electron chi connectivity index (χ3n) is 2.89. The van der Waals surface area contributed by atoms with Crippen LogP contribution in [0.4, 0.5) is 0 Å². The Morgan fingerprint density at radius 2 is 2.06 bits per heavy atom. The van der Waals surface area contributed by atoms with Crippen molar-refractivity contribution in [2.45, 2.75) is 19.5 Å². The van der Waals surface area contributed by atoms with Gasteiger partial charge < -0.3 is 9.88 Å². The summed E-state index contributed by atoms with van der Waals surface area (Å²) in [6, 6.07) is 10.6. The summed E-state index contributed by atoms with van der Waals surface area (Å²) in [6.45, 7) is 2.85. The molecule has 17 heavy (non-hydrogen) atoms. The van der Waals surface area contributed by atoms with Crippen LogP contribution in [0.2, 0.25) is 5.15 Å². The summed E-state index contributed by atoms with van der Waals surface area (Å²) in [6.07, 6.45) is 1.67. The smallest absolute Gasteiger partial charge is 0.128 e. The van der Waals surface area contributed by atoms with Crippen LogP contribution in [0.3, 0.4) is 0 Å². The Labute approximate surface area is 106 Å². The van der Waals surface area contributed by atoms with E-state index in [1.807, 2.05) is 29.8 Å². The van der Waals surface area contributed by atoms with Crippen LogP contribution in [-0.4, -0.2) is 9.55 Å². The van der Waals surface area contributed by atoms with Crippen molar-refractivity contribution >= 4 is 11.6 Å². The second-order valence-corrected chi connectivity index (χ2v) is 4.46. The fraction of sp³-hybridized carbons (Fsp3) is 0.308. The van der Waals surface area contributed by atoms with Gasteiger partial charge in [0, 0.05) is 13.1 Å². The van der Waals surface area contributed by atoms with Crippen molar-refractivity contribution in [1.29, 1.82) is 0 Å². The molecule has 4 heteroatoms. The van der Waals surface area contributed by atoms with E-state index in [4.69, 9.17) is 11.6 Å². The molecule has 1 heterocycles. The van der Waals surface area contributed by atoms with Crippen molar-refractivity contribution in [2.24, 2.45) is 7.05 Å². The molecular weight excluding hydrogens is 234 g/mol. The SMILES string of the molecule is C[C@@H](NCc1ncc(Cl)n1C)c1ccccc1. The van der Waals surface area contributed by atoms with Gasteiger partial charge in [0.05, 0.1) is 12.7 Å². The van der Waals surface area contributed by atoms with Crippen LogP contribution in [-0.2, 0) is 13.6 Å². The average Bonchev–Trinajstić information content (AvgIpc) is 2.68. The molecule has 0 saturated carbocycles. The van der Waals surface area contributed by atoms with Gasteiger partial charge in [-0.2, -0.15) is 0 Å². The summed E-state index contributed by atoms with van der Waals surface area (Å²) in [4.78, 5) is 4.25. The highest BCUT2D eigenvalue weighted by Gasteiger charge is 2.07. The summed E-state index contributed by atoms with van der Waals surface area (Å²) in [5, 5.41) is 4.09. The first-order chi connectivity index (χ1) is 8.18. The first-order valence-corrected chi connectivity index (χ1v) is 6.00. The summed E-state index contributed by atoms with van der Waals surface area (Å²) in [5.74, 6) is 0.942. The highest BCUT2D eigenvalue weighted by atomic mass is 35.5. The second-order valence-electron chi connectivity index (χ2n) is 4.07. The largest absolute Gasteiger partial charge is 0.321 e. The van der Waals surface area contributed by atoms with Crippen molar-refractivity contribution in [2.75, 3.05) is 0 Å². The van der Waals surface area contributed by atoms with Crippen LogP contribution >= 0.6 is 11.6 Å². The lowest BCUT2D eigenvalue weighted by Gasteiger charge is -2.13.